The van der Waals surface area contributed by atoms with Gasteiger partial charge in [-0.1, -0.05) is 60.7 Å². The number of aldehydes is 1. The summed E-state index contributed by atoms with van der Waals surface area (Å²) in [6.07, 6.45) is 0.396. The Morgan fingerprint density at radius 2 is 1.19 bits per heavy atom. The van der Waals surface area contributed by atoms with Crippen molar-refractivity contribution < 1.29 is 53.1 Å². The molecule has 0 aliphatic carbocycles. The van der Waals surface area contributed by atoms with Crippen LogP contribution in [-0.2, 0) is 60.8 Å². The first-order valence-corrected chi connectivity index (χ1v) is 21.6. The monoisotopic (exact) mass is 935 g/mol. The molecule has 9 amide bonds. The van der Waals surface area contributed by atoms with Crippen molar-refractivity contribution in [1.29, 1.82) is 0 Å². The van der Waals surface area contributed by atoms with Crippen molar-refractivity contribution in [1.82, 2.24) is 42.5 Å². The summed E-state index contributed by atoms with van der Waals surface area (Å²) in [7, 11) is 0. The second-order valence-corrected chi connectivity index (χ2v) is 15.7. The summed E-state index contributed by atoms with van der Waals surface area (Å²) in [5.74, 6) is -8.05. The lowest BCUT2D eigenvalue weighted by Crippen LogP contribution is -2.60. The number of carbonyl (C=O) groups excluding carboxylic acids is 10. The Morgan fingerprint density at radius 3 is 1.69 bits per heavy atom. The zero-order valence-electron chi connectivity index (χ0n) is 36.9. The molecule has 24 heteroatoms. The van der Waals surface area contributed by atoms with Crippen LogP contribution in [-0.4, -0.2) is 139 Å². The van der Waals surface area contributed by atoms with E-state index in [4.69, 9.17) is 22.9 Å². The zero-order valence-corrected chi connectivity index (χ0v) is 36.9. The van der Waals surface area contributed by atoms with Crippen LogP contribution < -0.4 is 65.5 Å². The number of guanidine groups is 1. The van der Waals surface area contributed by atoms with Crippen molar-refractivity contribution in [3.63, 3.8) is 0 Å². The molecule has 1 heterocycles. The van der Waals surface area contributed by atoms with Gasteiger partial charge < -0.3 is 75.4 Å². The number of nitrogens with zero attached hydrogens (tertiary/aromatic N) is 1. The van der Waals surface area contributed by atoms with Crippen LogP contribution in [0.2, 0.25) is 0 Å². The minimum atomic E-state index is -1.63. The molecule has 67 heavy (non-hydrogen) atoms. The van der Waals surface area contributed by atoms with Crippen molar-refractivity contribution in [2.45, 2.75) is 100 Å². The molecule has 24 nitrogen and oxygen atoms in total. The van der Waals surface area contributed by atoms with Crippen LogP contribution in [0, 0.1) is 0 Å². The number of hydrogen-bond acceptors (Lipinski definition) is 13. The predicted molar refractivity (Wildman–Crippen MR) is 241 cm³/mol. The van der Waals surface area contributed by atoms with Gasteiger partial charge in [-0.2, -0.15) is 0 Å². The number of benzene rings is 2. The van der Waals surface area contributed by atoms with Crippen LogP contribution in [0.5, 0.6) is 0 Å². The number of hydrogen-bond donors (Lipinski definition) is 13. The summed E-state index contributed by atoms with van der Waals surface area (Å²) in [5, 5.41) is 30.3. The van der Waals surface area contributed by atoms with Gasteiger partial charge in [0, 0.05) is 25.8 Å². The molecular weight excluding hydrogens is 875 g/mol. The molecule has 2 aromatic rings. The Bertz CT molecular complexity index is 2050. The van der Waals surface area contributed by atoms with Gasteiger partial charge in [0.2, 0.25) is 53.2 Å². The minimum Gasteiger partial charge on any atom is -0.394 e. The molecule has 0 aromatic heterocycles. The Morgan fingerprint density at radius 1 is 0.672 bits per heavy atom. The third-order valence-electron chi connectivity index (χ3n) is 10.3. The zero-order chi connectivity index (χ0) is 49.3. The fourth-order valence-corrected chi connectivity index (χ4v) is 6.79. The van der Waals surface area contributed by atoms with Crippen LogP contribution in [0.15, 0.2) is 65.7 Å². The average Bonchev–Trinajstić information content (AvgIpc) is 3.85. The lowest BCUT2D eigenvalue weighted by molar-refractivity contribution is -0.136. The summed E-state index contributed by atoms with van der Waals surface area (Å²) in [6, 6.07) is 7.57. The third kappa shape index (κ3) is 20.1. The molecule has 0 spiro atoms. The average molecular weight is 936 g/mol. The first kappa shape index (κ1) is 53.9. The first-order chi connectivity index (χ1) is 32.0. The maximum atomic E-state index is 14.3. The summed E-state index contributed by atoms with van der Waals surface area (Å²) < 4.78 is 0. The molecule has 1 aliphatic heterocycles. The lowest BCUT2D eigenvalue weighted by atomic mass is 10.0. The lowest BCUT2D eigenvalue weighted by Gasteiger charge is -2.27. The molecule has 0 saturated carbocycles. The van der Waals surface area contributed by atoms with Gasteiger partial charge in [0.25, 0.3) is 0 Å². The molecule has 0 unspecified atom stereocenters. The molecule has 1 fully saturated rings. The summed E-state index contributed by atoms with van der Waals surface area (Å²) in [6.45, 7) is -0.663. The molecule has 17 N–H and O–H groups in total. The van der Waals surface area contributed by atoms with E-state index in [9.17, 15) is 53.1 Å². The van der Waals surface area contributed by atoms with Gasteiger partial charge in [-0.05, 0) is 49.8 Å². The van der Waals surface area contributed by atoms with Crippen molar-refractivity contribution in [3.8, 4) is 0 Å². The van der Waals surface area contributed by atoms with Crippen molar-refractivity contribution >= 4 is 65.4 Å². The number of amides is 9. The Hall–Kier alpha value is -7.47. The van der Waals surface area contributed by atoms with Crippen LogP contribution >= 0.6 is 0 Å². The molecule has 0 radical (unpaired) electrons. The predicted octanol–water partition coefficient (Wildman–Crippen LogP) is -5.37. The van der Waals surface area contributed by atoms with Gasteiger partial charge in [0.15, 0.2) is 5.96 Å². The van der Waals surface area contributed by atoms with Gasteiger partial charge in [-0.25, -0.2) is 0 Å². The normalized spacial score (nSPS) is 15.6. The maximum Gasteiger partial charge on any atom is 0.245 e. The van der Waals surface area contributed by atoms with E-state index in [2.05, 4.69) is 47.5 Å². The molecule has 0 bridgehead atoms. The van der Waals surface area contributed by atoms with E-state index in [0.29, 0.717) is 36.8 Å². The number of aliphatic imine (C=N–C) groups is 1. The standard InChI is InChI=1S/C43H61N13O11/c44-34(59)16-15-29(38(63)56-33(24-58)42(67)51-27(23-57)13-7-18-49-43(46)47)53-39(64)30(19-25-9-3-1-4-10-25)54-40(65)31(20-26-11-5-2-6-12-26)55-41(66)32(21-35(45)60)52-36(61)22-50-37(62)28-14-8-17-48-28/h1-6,9-12,23,27-33,48,58H,7-8,13-22,24H2,(H2,44,59)(H2,45,60)(H,50,62)(H,51,67)(H,52,61)(H,53,64)(H,54,65)(H,55,66)(H,56,63)(H4,46,47,49)/t27-,28-,29-,30-,31-,32-,33-/m0/s1. The number of carbonyl (C=O) groups is 10. The van der Waals surface area contributed by atoms with Gasteiger partial charge in [-0.15, -0.1) is 0 Å². The van der Waals surface area contributed by atoms with Crippen molar-refractivity contribution in [3.05, 3.63) is 71.8 Å². The Kier molecular flexibility index (Phi) is 22.9. The van der Waals surface area contributed by atoms with E-state index in [1.807, 2.05) is 0 Å². The quantitative estimate of drug-likeness (QED) is 0.0157. The molecule has 364 valence electrons. The van der Waals surface area contributed by atoms with Crippen molar-refractivity contribution in [2.24, 2.45) is 27.9 Å². The van der Waals surface area contributed by atoms with E-state index in [1.165, 1.54) is 0 Å². The highest BCUT2D eigenvalue weighted by Gasteiger charge is 2.34. The summed E-state index contributed by atoms with van der Waals surface area (Å²) in [5.41, 5.74) is 22.5. The summed E-state index contributed by atoms with van der Waals surface area (Å²) >= 11 is 0. The number of nitrogens with two attached hydrogens (primary N) is 4. The van der Waals surface area contributed by atoms with Crippen LogP contribution in [0.1, 0.15) is 56.1 Å². The molecule has 1 aliphatic rings. The second-order valence-electron chi connectivity index (χ2n) is 15.7. The van der Waals surface area contributed by atoms with E-state index >= 15 is 0 Å². The molecule has 3 rings (SSSR count). The van der Waals surface area contributed by atoms with Crippen LogP contribution in [0.25, 0.3) is 0 Å². The second kappa shape index (κ2) is 28.4. The van der Waals surface area contributed by atoms with Gasteiger partial charge in [0.1, 0.15) is 36.5 Å². The number of aliphatic hydroxyl groups excluding tert-OH is 1. The topological polar surface area (TPSA) is 404 Å². The highest BCUT2D eigenvalue weighted by Crippen LogP contribution is 2.10. The smallest absolute Gasteiger partial charge is 0.245 e. The number of nitrogens with one attached hydrogen (secondary N) is 8. The van der Waals surface area contributed by atoms with Gasteiger partial charge >= 0.3 is 0 Å². The van der Waals surface area contributed by atoms with Crippen molar-refractivity contribution in [2.75, 3.05) is 26.2 Å². The molecule has 7 atom stereocenters. The molecule has 2 aromatic carbocycles. The highest BCUT2D eigenvalue weighted by atomic mass is 16.3. The fraction of sp³-hybridized carbons (Fsp3) is 0.465. The SMILES string of the molecule is NC(=O)CC[C@H](NC(=O)[C@H](Cc1ccccc1)NC(=O)[C@H](Cc1ccccc1)NC(=O)[C@H](CC(N)=O)NC(=O)CNC(=O)[C@@H]1CCCN1)C(=O)N[C@@H](CO)C(=O)N[C@H](C=O)CCCN=C(N)N. The number of rotatable bonds is 29. The minimum absolute atomic E-state index is 0.115. The van der Waals surface area contributed by atoms with E-state index < -0.39 is 121 Å². The number of primary amides is 2. The van der Waals surface area contributed by atoms with Crippen LogP contribution in [0.3, 0.4) is 0 Å². The third-order valence-corrected chi connectivity index (χ3v) is 10.3. The molecular formula is C43H61N13O11. The highest BCUT2D eigenvalue weighted by molar-refractivity contribution is 5.98. The van der Waals surface area contributed by atoms with E-state index in [1.54, 1.807) is 60.7 Å². The largest absolute Gasteiger partial charge is 0.394 e. The van der Waals surface area contributed by atoms with Gasteiger partial charge in [-0.3, -0.25) is 48.1 Å². The van der Waals surface area contributed by atoms with E-state index in [0.717, 1.165) is 6.42 Å². The molecule has 1 saturated heterocycles. The maximum absolute atomic E-state index is 14.3. The Balaban J connectivity index is 1.85. The van der Waals surface area contributed by atoms with Crippen LogP contribution in [0.4, 0.5) is 0 Å². The summed E-state index contributed by atoms with van der Waals surface area (Å²) in [4.78, 5) is 134. The Labute approximate surface area is 386 Å². The first-order valence-electron chi connectivity index (χ1n) is 21.6. The number of aliphatic hydroxyl groups is 1. The van der Waals surface area contributed by atoms with E-state index in [-0.39, 0.29) is 38.2 Å². The van der Waals surface area contributed by atoms with Gasteiger partial charge in [0.05, 0.1) is 31.7 Å². The fourth-order valence-electron chi connectivity index (χ4n) is 6.79.